The number of sulfone groups is 1. The van der Waals surface area contributed by atoms with Crippen LogP contribution in [-0.2, 0) is 15.6 Å². The molecular formula is C21H16ClN5O5S. The summed E-state index contributed by atoms with van der Waals surface area (Å²) in [4.78, 5) is 23.3. The number of anilines is 2. The molecule has 33 heavy (non-hydrogen) atoms. The van der Waals surface area contributed by atoms with E-state index in [4.69, 9.17) is 16.3 Å². The van der Waals surface area contributed by atoms with Crippen molar-refractivity contribution in [1.29, 1.82) is 0 Å². The standard InChI is InChI=1S/C21H16ClN5O5S/c1-32-20-10-13(9-19(22)26-20)23-21-18(24-16-7-2-3-8-17(16)25-21)12-33(30,31)15-6-4-5-14(11-15)27(28)29/h2-11H,12H2,1H3,(H,23,25,26). The second kappa shape index (κ2) is 8.96. The van der Waals surface area contributed by atoms with Crippen LogP contribution >= 0.6 is 11.6 Å². The highest BCUT2D eigenvalue weighted by Crippen LogP contribution is 2.28. The summed E-state index contributed by atoms with van der Waals surface area (Å²) < 4.78 is 31.3. The largest absolute Gasteiger partial charge is 0.481 e. The van der Waals surface area contributed by atoms with Gasteiger partial charge in [-0.25, -0.2) is 23.4 Å². The maximum Gasteiger partial charge on any atom is 0.270 e. The normalized spacial score (nSPS) is 11.3. The Morgan fingerprint density at radius 2 is 1.76 bits per heavy atom. The third kappa shape index (κ3) is 4.99. The maximum atomic E-state index is 13.1. The third-order valence-electron chi connectivity index (χ3n) is 4.60. The zero-order chi connectivity index (χ0) is 23.6. The fraction of sp³-hybridized carbons (Fsp3) is 0.0952. The molecule has 0 bridgehead atoms. The number of rotatable bonds is 7. The molecule has 2 aromatic carbocycles. The monoisotopic (exact) mass is 485 g/mol. The predicted molar refractivity (Wildman–Crippen MR) is 123 cm³/mol. The highest BCUT2D eigenvalue weighted by atomic mass is 35.5. The number of hydrogen-bond acceptors (Lipinski definition) is 9. The fourth-order valence-corrected chi connectivity index (χ4v) is 4.59. The number of nitro benzene ring substituents is 1. The van der Waals surface area contributed by atoms with Gasteiger partial charge in [-0.3, -0.25) is 10.1 Å². The fourth-order valence-electron chi connectivity index (χ4n) is 3.08. The average molecular weight is 486 g/mol. The van der Waals surface area contributed by atoms with Crippen LogP contribution in [0.2, 0.25) is 5.15 Å². The minimum absolute atomic E-state index is 0.132. The summed E-state index contributed by atoms with van der Waals surface area (Å²) in [6, 6.07) is 15.0. The van der Waals surface area contributed by atoms with Crippen LogP contribution in [0.25, 0.3) is 11.0 Å². The van der Waals surface area contributed by atoms with Crippen LogP contribution < -0.4 is 10.1 Å². The van der Waals surface area contributed by atoms with E-state index in [-0.39, 0.29) is 33.1 Å². The first kappa shape index (κ1) is 22.4. The molecule has 2 aromatic heterocycles. The molecule has 0 saturated carbocycles. The maximum absolute atomic E-state index is 13.1. The Kier molecular flexibility index (Phi) is 6.07. The van der Waals surface area contributed by atoms with E-state index in [1.807, 2.05) is 0 Å². The molecule has 12 heteroatoms. The van der Waals surface area contributed by atoms with Gasteiger partial charge in [0.05, 0.1) is 33.7 Å². The molecule has 0 saturated heterocycles. The number of nitrogens with one attached hydrogen (secondary N) is 1. The van der Waals surface area contributed by atoms with Crippen molar-refractivity contribution < 1.29 is 18.1 Å². The van der Waals surface area contributed by atoms with Gasteiger partial charge >= 0.3 is 0 Å². The van der Waals surface area contributed by atoms with Gasteiger partial charge in [-0.05, 0) is 24.3 Å². The average Bonchev–Trinajstić information content (AvgIpc) is 2.79. The van der Waals surface area contributed by atoms with Gasteiger partial charge in [-0.15, -0.1) is 0 Å². The van der Waals surface area contributed by atoms with Gasteiger partial charge in [0.25, 0.3) is 5.69 Å². The molecule has 10 nitrogen and oxygen atoms in total. The molecule has 0 atom stereocenters. The number of fused-ring (bicyclic) bond motifs is 1. The number of pyridine rings is 1. The van der Waals surface area contributed by atoms with Crippen LogP contribution in [0.5, 0.6) is 5.88 Å². The minimum Gasteiger partial charge on any atom is -0.481 e. The second-order valence-corrected chi connectivity index (χ2v) is 9.24. The number of aromatic nitrogens is 3. The number of nitrogens with zero attached hydrogens (tertiary/aromatic N) is 4. The number of hydrogen-bond donors (Lipinski definition) is 1. The van der Waals surface area contributed by atoms with Crippen molar-refractivity contribution in [1.82, 2.24) is 15.0 Å². The number of para-hydroxylation sites is 2. The first-order valence-corrected chi connectivity index (χ1v) is 11.5. The number of nitro groups is 1. The van der Waals surface area contributed by atoms with Crippen LogP contribution in [0.4, 0.5) is 17.2 Å². The van der Waals surface area contributed by atoms with E-state index in [2.05, 4.69) is 20.3 Å². The van der Waals surface area contributed by atoms with Crippen molar-refractivity contribution in [2.45, 2.75) is 10.6 Å². The smallest absolute Gasteiger partial charge is 0.270 e. The van der Waals surface area contributed by atoms with Gasteiger partial charge in [-0.1, -0.05) is 29.8 Å². The Morgan fingerprint density at radius 1 is 1.03 bits per heavy atom. The van der Waals surface area contributed by atoms with Gasteiger partial charge in [0.2, 0.25) is 5.88 Å². The highest BCUT2D eigenvalue weighted by Gasteiger charge is 2.22. The molecule has 0 aliphatic carbocycles. The Labute approximate surface area is 193 Å². The van der Waals surface area contributed by atoms with Gasteiger partial charge in [0.15, 0.2) is 15.7 Å². The Bertz CT molecular complexity index is 1480. The zero-order valence-electron chi connectivity index (χ0n) is 17.1. The molecule has 0 spiro atoms. The topological polar surface area (TPSA) is 137 Å². The number of ether oxygens (including phenoxy) is 1. The van der Waals surface area contributed by atoms with E-state index in [1.54, 1.807) is 30.3 Å². The lowest BCUT2D eigenvalue weighted by molar-refractivity contribution is -0.385. The Morgan fingerprint density at radius 3 is 2.45 bits per heavy atom. The molecular weight excluding hydrogens is 470 g/mol. The molecule has 4 rings (SSSR count). The van der Waals surface area contributed by atoms with E-state index < -0.39 is 20.5 Å². The van der Waals surface area contributed by atoms with E-state index in [1.165, 1.54) is 31.4 Å². The molecule has 4 aromatic rings. The minimum atomic E-state index is -3.98. The number of benzene rings is 2. The summed E-state index contributed by atoms with van der Waals surface area (Å²) in [7, 11) is -2.54. The first-order chi connectivity index (χ1) is 15.7. The van der Waals surface area contributed by atoms with Crippen LogP contribution in [0.1, 0.15) is 5.69 Å². The van der Waals surface area contributed by atoms with Crippen molar-refractivity contribution in [3.05, 3.63) is 81.6 Å². The van der Waals surface area contributed by atoms with Gasteiger partial charge in [0.1, 0.15) is 10.9 Å². The molecule has 0 unspecified atom stereocenters. The second-order valence-electron chi connectivity index (χ2n) is 6.87. The number of halogens is 1. The van der Waals surface area contributed by atoms with Gasteiger partial charge in [0, 0.05) is 23.9 Å². The molecule has 0 aliphatic rings. The van der Waals surface area contributed by atoms with Gasteiger partial charge in [-0.2, -0.15) is 0 Å². The Hall–Kier alpha value is -3.83. The van der Waals surface area contributed by atoms with Crippen molar-refractivity contribution >= 4 is 49.7 Å². The molecule has 0 amide bonds. The quantitative estimate of drug-likeness (QED) is 0.230. The highest BCUT2D eigenvalue weighted by molar-refractivity contribution is 7.90. The molecule has 0 fully saturated rings. The summed E-state index contributed by atoms with van der Waals surface area (Å²) in [6.45, 7) is 0. The summed E-state index contributed by atoms with van der Waals surface area (Å²) in [5.41, 5.74) is 1.32. The molecule has 2 heterocycles. The first-order valence-electron chi connectivity index (χ1n) is 9.46. The van der Waals surface area contributed by atoms with Crippen molar-refractivity contribution in [2.75, 3.05) is 12.4 Å². The van der Waals surface area contributed by atoms with E-state index in [0.717, 1.165) is 6.07 Å². The lowest BCUT2D eigenvalue weighted by Gasteiger charge is -2.13. The van der Waals surface area contributed by atoms with E-state index in [9.17, 15) is 18.5 Å². The summed E-state index contributed by atoms with van der Waals surface area (Å²) in [5, 5.41) is 14.3. The number of methoxy groups -OCH3 is 1. The van der Waals surface area contributed by atoms with E-state index in [0.29, 0.717) is 16.7 Å². The van der Waals surface area contributed by atoms with E-state index >= 15 is 0 Å². The van der Waals surface area contributed by atoms with Crippen LogP contribution in [-0.4, -0.2) is 35.4 Å². The molecule has 1 N–H and O–H groups in total. The molecule has 0 radical (unpaired) electrons. The summed E-state index contributed by atoms with van der Waals surface area (Å²) in [6.07, 6.45) is 0. The number of non-ortho nitro benzene ring substituents is 1. The molecule has 168 valence electrons. The predicted octanol–water partition coefficient (Wildman–Crippen LogP) is 4.31. The third-order valence-corrected chi connectivity index (χ3v) is 6.42. The van der Waals surface area contributed by atoms with Crippen LogP contribution in [0, 0.1) is 10.1 Å². The molecule has 0 aliphatic heterocycles. The summed E-state index contributed by atoms with van der Waals surface area (Å²) >= 11 is 6.04. The summed E-state index contributed by atoms with van der Waals surface area (Å²) in [5.74, 6) is -0.0962. The van der Waals surface area contributed by atoms with Gasteiger partial charge < -0.3 is 10.1 Å². The SMILES string of the molecule is COc1cc(Nc2nc3ccccc3nc2CS(=O)(=O)c2cccc([N+](=O)[O-])c2)cc(Cl)n1. The van der Waals surface area contributed by atoms with Crippen LogP contribution in [0.3, 0.4) is 0 Å². The van der Waals surface area contributed by atoms with Crippen LogP contribution in [0.15, 0.2) is 65.6 Å². The lowest BCUT2D eigenvalue weighted by Crippen LogP contribution is -2.11. The Balaban J connectivity index is 1.79. The van der Waals surface area contributed by atoms with Crippen molar-refractivity contribution in [3.63, 3.8) is 0 Å². The van der Waals surface area contributed by atoms with Crippen molar-refractivity contribution in [2.24, 2.45) is 0 Å². The van der Waals surface area contributed by atoms with Crippen molar-refractivity contribution in [3.8, 4) is 5.88 Å². The lowest BCUT2D eigenvalue weighted by atomic mass is 10.3. The zero-order valence-corrected chi connectivity index (χ0v) is 18.7.